The average Bonchev–Trinajstić information content (AvgIpc) is 2.53. The highest BCUT2D eigenvalue weighted by Gasteiger charge is 2.20. The van der Waals surface area contributed by atoms with Crippen molar-refractivity contribution in [2.45, 2.75) is 13.3 Å². The zero-order chi connectivity index (χ0) is 8.27. The van der Waals surface area contributed by atoms with Gasteiger partial charge in [0.2, 0.25) is 0 Å². The van der Waals surface area contributed by atoms with Gasteiger partial charge in [-0.3, -0.25) is 4.79 Å². The van der Waals surface area contributed by atoms with Crippen molar-refractivity contribution < 1.29 is 9.53 Å². The van der Waals surface area contributed by atoms with Crippen molar-refractivity contribution in [3.05, 3.63) is 10.6 Å². The Morgan fingerprint density at radius 3 is 2.91 bits per heavy atom. The molecule has 11 heavy (non-hydrogen) atoms. The first-order valence-corrected chi connectivity index (χ1v) is 4.02. The van der Waals surface area contributed by atoms with Crippen LogP contribution in [0.15, 0.2) is 10.6 Å². The molecule has 0 aromatic rings. The van der Waals surface area contributed by atoms with Crippen LogP contribution in [0.2, 0.25) is 0 Å². The molecule has 1 rings (SSSR count). The van der Waals surface area contributed by atoms with Gasteiger partial charge in [0.05, 0.1) is 6.61 Å². The summed E-state index contributed by atoms with van der Waals surface area (Å²) in [6, 6.07) is 0. The molecule has 0 amide bonds. The minimum absolute atomic E-state index is 0.252. The molecule has 0 radical (unpaired) electrons. The third-order valence-electron chi connectivity index (χ3n) is 1.84. The van der Waals surface area contributed by atoms with E-state index in [0.29, 0.717) is 17.2 Å². The number of aldehydes is 1. The van der Waals surface area contributed by atoms with Crippen LogP contribution in [-0.2, 0) is 9.53 Å². The lowest BCUT2D eigenvalue weighted by Crippen LogP contribution is -2.01. The number of carbonyl (C=O) groups is 1. The zero-order valence-electron chi connectivity index (χ0n) is 6.47. The topological polar surface area (TPSA) is 26.3 Å². The van der Waals surface area contributed by atoms with Gasteiger partial charge in [-0.1, -0.05) is 11.6 Å². The number of hydrogen-bond donors (Lipinski definition) is 0. The molecule has 1 aliphatic heterocycles. The van der Waals surface area contributed by atoms with E-state index in [4.69, 9.17) is 16.3 Å². The minimum Gasteiger partial charge on any atom is -0.381 e. The monoisotopic (exact) mass is 174 g/mol. The summed E-state index contributed by atoms with van der Waals surface area (Å²) in [6.45, 7) is 3.14. The van der Waals surface area contributed by atoms with Crippen LogP contribution >= 0.6 is 11.6 Å². The molecule has 1 saturated heterocycles. The van der Waals surface area contributed by atoms with Gasteiger partial charge < -0.3 is 4.74 Å². The normalized spacial score (nSPS) is 26.5. The lowest BCUT2D eigenvalue weighted by molar-refractivity contribution is -0.104. The maximum absolute atomic E-state index is 10.3. The molecule has 0 N–H and O–H groups in total. The van der Waals surface area contributed by atoms with Gasteiger partial charge in [0.1, 0.15) is 6.29 Å². The summed E-state index contributed by atoms with van der Waals surface area (Å²) in [5.41, 5.74) is 0.627. The summed E-state index contributed by atoms with van der Waals surface area (Å²) in [4.78, 5) is 10.3. The molecule has 1 unspecified atom stereocenters. The highest BCUT2D eigenvalue weighted by Crippen LogP contribution is 2.26. The third kappa shape index (κ3) is 2.04. The molecule has 1 fully saturated rings. The number of halogens is 1. The first-order chi connectivity index (χ1) is 5.25. The standard InChI is InChI=1S/C8H11ClO2/c1-6(4-10)8(9)7-2-3-11-5-7/h4,7H,2-3,5H2,1H3/b8-6-. The Morgan fingerprint density at radius 1 is 1.73 bits per heavy atom. The summed E-state index contributed by atoms with van der Waals surface area (Å²) >= 11 is 5.91. The van der Waals surface area contributed by atoms with E-state index < -0.39 is 0 Å². The maximum atomic E-state index is 10.3. The van der Waals surface area contributed by atoms with Gasteiger partial charge in [-0.25, -0.2) is 0 Å². The first-order valence-electron chi connectivity index (χ1n) is 3.65. The fourth-order valence-corrected chi connectivity index (χ4v) is 1.33. The molecule has 3 heteroatoms. The summed E-state index contributed by atoms with van der Waals surface area (Å²) in [5.74, 6) is 0.252. The van der Waals surface area contributed by atoms with Gasteiger partial charge in [-0.15, -0.1) is 0 Å². The molecule has 1 heterocycles. The Labute approximate surface area is 71.2 Å². The molecule has 0 aromatic heterocycles. The van der Waals surface area contributed by atoms with Crippen LogP contribution in [0.5, 0.6) is 0 Å². The highest BCUT2D eigenvalue weighted by atomic mass is 35.5. The van der Waals surface area contributed by atoms with Gasteiger partial charge >= 0.3 is 0 Å². The summed E-state index contributed by atoms with van der Waals surface area (Å²) in [6.07, 6.45) is 1.73. The summed E-state index contributed by atoms with van der Waals surface area (Å²) < 4.78 is 5.14. The van der Waals surface area contributed by atoms with Crippen molar-refractivity contribution in [2.24, 2.45) is 5.92 Å². The van der Waals surface area contributed by atoms with Gasteiger partial charge in [0, 0.05) is 23.1 Å². The van der Waals surface area contributed by atoms with Gasteiger partial charge in [0.25, 0.3) is 0 Å². The van der Waals surface area contributed by atoms with Gasteiger partial charge in [-0.05, 0) is 13.3 Å². The summed E-state index contributed by atoms with van der Waals surface area (Å²) in [7, 11) is 0. The molecule has 1 aliphatic rings. The van der Waals surface area contributed by atoms with Crippen LogP contribution in [0.1, 0.15) is 13.3 Å². The maximum Gasteiger partial charge on any atom is 0.146 e. The average molecular weight is 175 g/mol. The molecular formula is C8H11ClO2. The molecule has 0 aliphatic carbocycles. The molecule has 0 saturated carbocycles. The first kappa shape index (κ1) is 8.75. The van der Waals surface area contributed by atoms with Gasteiger partial charge in [0.15, 0.2) is 0 Å². The Kier molecular flexibility index (Phi) is 3.09. The molecule has 0 bridgehead atoms. The smallest absolute Gasteiger partial charge is 0.146 e. The van der Waals surface area contributed by atoms with Crippen molar-refractivity contribution in [3.63, 3.8) is 0 Å². The van der Waals surface area contributed by atoms with Crippen molar-refractivity contribution in [3.8, 4) is 0 Å². The second-order valence-corrected chi connectivity index (χ2v) is 3.12. The van der Waals surface area contributed by atoms with E-state index in [1.807, 2.05) is 0 Å². The largest absolute Gasteiger partial charge is 0.381 e. The Hall–Kier alpha value is -0.340. The second-order valence-electron chi connectivity index (χ2n) is 2.71. The third-order valence-corrected chi connectivity index (χ3v) is 2.45. The number of hydrogen-bond acceptors (Lipinski definition) is 2. The quantitative estimate of drug-likeness (QED) is 0.471. The van der Waals surface area contributed by atoms with E-state index >= 15 is 0 Å². The van der Waals surface area contributed by atoms with E-state index in [9.17, 15) is 4.79 Å². The molecule has 0 aromatic carbocycles. The molecule has 0 spiro atoms. The fourth-order valence-electron chi connectivity index (χ4n) is 1.11. The Balaban J connectivity index is 2.64. The fraction of sp³-hybridized carbons (Fsp3) is 0.625. The van der Waals surface area contributed by atoms with Crippen LogP contribution in [0.4, 0.5) is 0 Å². The van der Waals surface area contributed by atoms with E-state index in [1.54, 1.807) is 6.92 Å². The van der Waals surface area contributed by atoms with E-state index in [-0.39, 0.29) is 5.92 Å². The van der Waals surface area contributed by atoms with E-state index in [1.165, 1.54) is 0 Å². The summed E-state index contributed by atoms with van der Waals surface area (Å²) in [5, 5.41) is 0.664. The zero-order valence-corrected chi connectivity index (χ0v) is 7.23. The highest BCUT2D eigenvalue weighted by molar-refractivity contribution is 6.31. The van der Waals surface area contributed by atoms with Crippen LogP contribution in [-0.4, -0.2) is 19.5 Å². The molecule has 1 atom stereocenters. The molecular weight excluding hydrogens is 164 g/mol. The van der Waals surface area contributed by atoms with Crippen LogP contribution < -0.4 is 0 Å². The van der Waals surface area contributed by atoms with Crippen LogP contribution in [0.3, 0.4) is 0 Å². The van der Waals surface area contributed by atoms with E-state index in [0.717, 1.165) is 19.3 Å². The lowest BCUT2D eigenvalue weighted by Gasteiger charge is -2.05. The second kappa shape index (κ2) is 3.88. The lowest BCUT2D eigenvalue weighted by atomic mass is 10.1. The Morgan fingerprint density at radius 2 is 2.45 bits per heavy atom. The minimum atomic E-state index is 0.252. The molecule has 2 nitrogen and oxygen atoms in total. The van der Waals surface area contributed by atoms with Crippen LogP contribution in [0, 0.1) is 5.92 Å². The number of carbonyl (C=O) groups excluding carboxylic acids is 1. The number of ether oxygens (including phenoxy) is 1. The van der Waals surface area contributed by atoms with Crippen molar-refractivity contribution in [1.29, 1.82) is 0 Å². The molecule has 62 valence electrons. The SMILES string of the molecule is C/C(C=O)=C(/Cl)C1CCOC1. The predicted molar refractivity (Wildman–Crippen MR) is 43.5 cm³/mol. The predicted octanol–water partition coefficient (Wildman–Crippen LogP) is 1.73. The van der Waals surface area contributed by atoms with E-state index in [2.05, 4.69) is 0 Å². The Bertz CT molecular complexity index is 181. The van der Waals surface area contributed by atoms with Crippen LogP contribution in [0.25, 0.3) is 0 Å². The van der Waals surface area contributed by atoms with Crippen molar-refractivity contribution in [2.75, 3.05) is 13.2 Å². The van der Waals surface area contributed by atoms with Crippen molar-refractivity contribution >= 4 is 17.9 Å². The van der Waals surface area contributed by atoms with Crippen molar-refractivity contribution in [1.82, 2.24) is 0 Å². The number of rotatable bonds is 2. The number of allylic oxidation sites excluding steroid dienone is 1. The van der Waals surface area contributed by atoms with Gasteiger partial charge in [-0.2, -0.15) is 0 Å².